The van der Waals surface area contributed by atoms with E-state index in [-0.39, 0.29) is 0 Å². The molecule has 1 fully saturated rings. The Morgan fingerprint density at radius 1 is 1.03 bits per heavy atom. The van der Waals surface area contributed by atoms with Crippen molar-refractivity contribution in [1.82, 2.24) is 25.1 Å². The highest BCUT2D eigenvalue weighted by molar-refractivity contribution is 5.86. The number of benzene rings is 2. The lowest BCUT2D eigenvalue weighted by molar-refractivity contribution is 0.249. The van der Waals surface area contributed by atoms with Gasteiger partial charge in [-0.1, -0.05) is 36.4 Å². The maximum Gasteiger partial charge on any atom is 0.172 e. The maximum absolute atomic E-state index is 6.21. The number of H-pyrrole nitrogens is 1. The highest BCUT2D eigenvalue weighted by atomic mass is 15.3. The minimum absolute atomic E-state index is 0.482. The number of nitrogens with two attached hydrogens (primary N) is 1. The molecule has 0 radical (unpaired) electrons. The van der Waals surface area contributed by atoms with Gasteiger partial charge in [0.15, 0.2) is 11.6 Å². The van der Waals surface area contributed by atoms with E-state index < -0.39 is 0 Å². The monoisotopic (exact) mass is 399 g/mol. The molecular weight excluding hydrogens is 374 g/mol. The van der Waals surface area contributed by atoms with Gasteiger partial charge in [0.2, 0.25) is 0 Å². The number of nitrogens with one attached hydrogen (secondary N) is 1. The first kappa shape index (κ1) is 18.6. The zero-order valence-corrected chi connectivity index (χ0v) is 17.0. The molecule has 30 heavy (non-hydrogen) atoms. The van der Waals surface area contributed by atoms with E-state index in [1.807, 2.05) is 19.1 Å². The number of aryl methyl sites for hydroxylation is 1. The first-order valence-electron chi connectivity index (χ1n) is 10.3. The van der Waals surface area contributed by atoms with Gasteiger partial charge >= 0.3 is 0 Å². The number of piperazine rings is 1. The minimum Gasteiger partial charge on any atom is -0.381 e. The summed E-state index contributed by atoms with van der Waals surface area (Å²) >= 11 is 0. The van der Waals surface area contributed by atoms with Crippen LogP contribution in [0.3, 0.4) is 0 Å². The number of hydrogen-bond acceptors (Lipinski definition) is 6. The fraction of sp³-hybridized carbons (Fsp3) is 0.261. The van der Waals surface area contributed by atoms with Crippen molar-refractivity contribution < 1.29 is 0 Å². The molecule has 0 unspecified atom stereocenters. The molecule has 0 aliphatic carbocycles. The molecule has 0 spiro atoms. The van der Waals surface area contributed by atoms with Gasteiger partial charge in [-0.05, 0) is 24.6 Å². The Morgan fingerprint density at radius 3 is 2.63 bits per heavy atom. The molecule has 1 aliphatic rings. The van der Waals surface area contributed by atoms with Gasteiger partial charge in [0.1, 0.15) is 0 Å². The van der Waals surface area contributed by atoms with Crippen LogP contribution in [-0.2, 0) is 6.54 Å². The number of aromatic amines is 1. The molecule has 0 bridgehead atoms. The Kier molecular flexibility index (Phi) is 4.80. The second-order valence-electron chi connectivity index (χ2n) is 7.79. The van der Waals surface area contributed by atoms with Gasteiger partial charge in [-0.25, -0.2) is 9.97 Å². The van der Waals surface area contributed by atoms with E-state index in [0.29, 0.717) is 5.82 Å². The number of anilines is 2. The van der Waals surface area contributed by atoms with E-state index in [9.17, 15) is 0 Å². The topological polar surface area (TPSA) is 87.0 Å². The molecule has 0 amide bonds. The highest BCUT2D eigenvalue weighted by Gasteiger charge is 2.21. The van der Waals surface area contributed by atoms with Gasteiger partial charge < -0.3 is 10.6 Å². The lowest BCUT2D eigenvalue weighted by atomic mass is 10.1. The number of hydrogen-bond donors (Lipinski definition) is 2. The summed E-state index contributed by atoms with van der Waals surface area (Å²) in [5, 5.41) is 8.43. The van der Waals surface area contributed by atoms with Crippen molar-refractivity contribution >= 4 is 22.5 Å². The van der Waals surface area contributed by atoms with Crippen LogP contribution in [0.5, 0.6) is 0 Å². The van der Waals surface area contributed by atoms with Gasteiger partial charge in [0.05, 0.1) is 17.4 Å². The third kappa shape index (κ3) is 3.59. The SMILES string of the molecule is Cc1[nH]nc2ccc(-c3cnc(N)c(N4CCN(Cc5ccccc5)CC4)n3)cc12. The number of rotatable bonds is 4. The van der Waals surface area contributed by atoms with Gasteiger partial charge in [0, 0.05) is 49.4 Å². The van der Waals surface area contributed by atoms with Gasteiger partial charge in [0.25, 0.3) is 0 Å². The molecule has 1 saturated heterocycles. The molecule has 7 heteroatoms. The molecule has 1 aliphatic heterocycles. The predicted octanol–water partition coefficient (Wildman–Crippen LogP) is 3.23. The van der Waals surface area contributed by atoms with Crippen molar-refractivity contribution in [3.63, 3.8) is 0 Å². The molecule has 3 heterocycles. The second kappa shape index (κ2) is 7.76. The molecule has 152 valence electrons. The Balaban J connectivity index is 1.34. The summed E-state index contributed by atoms with van der Waals surface area (Å²) < 4.78 is 0. The van der Waals surface area contributed by atoms with Crippen LogP contribution in [0.15, 0.2) is 54.7 Å². The third-order valence-corrected chi connectivity index (χ3v) is 5.74. The van der Waals surface area contributed by atoms with Crippen molar-refractivity contribution in [2.75, 3.05) is 36.8 Å². The summed E-state index contributed by atoms with van der Waals surface area (Å²) in [4.78, 5) is 14.0. The fourth-order valence-corrected chi connectivity index (χ4v) is 4.02. The first-order chi connectivity index (χ1) is 14.7. The van der Waals surface area contributed by atoms with Crippen LogP contribution in [0.2, 0.25) is 0 Å². The van der Waals surface area contributed by atoms with Gasteiger partial charge in [-0.15, -0.1) is 0 Å². The summed E-state index contributed by atoms with van der Waals surface area (Å²) in [5.41, 5.74) is 11.4. The molecular formula is C23H25N7. The van der Waals surface area contributed by atoms with Gasteiger partial charge in [-0.2, -0.15) is 5.10 Å². The molecule has 3 N–H and O–H groups in total. The summed E-state index contributed by atoms with van der Waals surface area (Å²) in [6.07, 6.45) is 1.75. The van der Waals surface area contributed by atoms with Crippen molar-refractivity contribution in [1.29, 1.82) is 0 Å². The second-order valence-corrected chi connectivity index (χ2v) is 7.79. The van der Waals surface area contributed by atoms with Crippen LogP contribution in [0.4, 0.5) is 11.6 Å². The quantitative estimate of drug-likeness (QED) is 0.548. The highest BCUT2D eigenvalue weighted by Crippen LogP contribution is 2.27. The zero-order valence-electron chi connectivity index (χ0n) is 17.0. The lowest BCUT2D eigenvalue weighted by Crippen LogP contribution is -2.46. The van der Waals surface area contributed by atoms with E-state index in [1.165, 1.54) is 5.56 Å². The molecule has 7 nitrogen and oxygen atoms in total. The van der Waals surface area contributed by atoms with Gasteiger partial charge in [-0.3, -0.25) is 10.00 Å². The Hall–Kier alpha value is -3.45. The lowest BCUT2D eigenvalue weighted by Gasteiger charge is -2.35. The van der Waals surface area contributed by atoms with Crippen molar-refractivity contribution in [2.45, 2.75) is 13.5 Å². The summed E-state index contributed by atoms with van der Waals surface area (Å²) in [6.45, 7) is 6.71. The minimum atomic E-state index is 0.482. The maximum atomic E-state index is 6.21. The smallest absolute Gasteiger partial charge is 0.172 e. The molecule has 2 aromatic carbocycles. The summed E-state index contributed by atoms with van der Waals surface area (Å²) in [7, 11) is 0. The van der Waals surface area contributed by atoms with E-state index in [4.69, 9.17) is 10.7 Å². The number of fused-ring (bicyclic) bond motifs is 1. The Bertz CT molecular complexity index is 1160. The number of nitrogens with zero attached hydrogens (tertiary/aromatic N) is 5. The molecule has 4 aromatic rings. The van der Waals surface area contributed by atoms with Crippen LogP contribution in [0.1, 0.15) is 11.3 Å². The normalized spacial score (nSPS) is 15.0. The molecule has 0 saturated carbocycles. The largest absolute Gasteiger partial charge is 0.381 e. The van der Waals surface area contributed by atoms with E-state index >= 15 is 0 Å². The van der Waals surface area contributed by atoms with Crippen LogP contribution >= 0.6 is 0 Å². The Morgan fingerprint density at radius 2 is 1.83 bits per heavy atom. The number of nitrogen functional groups attached to an aromatic ring is 1. The summed E-state index contributed by atoms with van der Waals surface area (Å²) in [5.74, 6) is 1.26. The standard InChI is InChI=1S/C23H25N7/c1-16-19-13-18(7-8-20(19)28-27-16)21-14-25-22(24)23(26-21)30-11-9-29(10-12-30)15-17-5-3-2-4-6-17/h2-8,13-14H,9-12,15H2,1H3,(H2,24,25)(H,27,28). The first-order valence-corrected chi connectivity index (χ1v) is 10.3. The molecule has 2 aromatic heterocycles. The van der Waals surface area contributed by atoms with Crippen LogP contribution in [0.25, 0.3) is 22.2 Å². The average molecular weight is 400 g/mol. The Labute approximate surface area is 175 Å². The van der Waals surface area contributed by atoms with Crippen molar-refractivity contribution in [3.8, 4) is 11.3 Å². The van der Waals surface area contributed by atoms with Crippen LogP contribution in [-0.4, -0.2) is 51.2 Å². The molecule has 5 rings (SSSR count). The van der Waals surface area contributed by atoms with E-state index in [0.717, 1.165) is 66.4 Å². The predicted molar refractivity (Wildman–Crippen MR) is 120 cm³/mol. The summed E-state index contributed by atoms with van der Waals surface area (Å²) in [6, 6.07) is 16.7. The average Bonchev–Trinajstić information content (AvgIpc) is 3.16. The zero-order chi connectivity index (χ0) is 20.5. The van der Waals surface area contributed by atoms with E-state index in [2.05, 4.69) is 61.4 Å². The van der Waals surface area contributed by atoms with E-state index in [1.54, 1.807) is 6.20 Å². The third-order valence-electron chi connectivity index (χ3n) is 5.74. The molecule has 0 atom stereocenters. The van der Waals surface area contributed by atoms with Crippen molar-refractivity contribution in [3.05, 3.63) is 66.0 Å². The van der Waals surface area contributed by atoms with Crippen LogP contribution in [0, 0.1) is 6.92 Å². The van der Waals surface area contributed by atoms with Crippen molar-refractivity contribution in [2.24, 2.45) is 0 Å². The fourth-order valence-electron chi connectivity index (χ4n) is 4.02. The number of aromatic nitrogens is 4. The van der Waals surface area contributed by atoms with Crippen LogP contribution < -0.4 is 10.6 Å².